The van der Waals surface area contributed by atoms with E-state index in [9.17, 15) is 0 Å². The van der Waals surface area contributed by atoms with Gasteiger partial charge in [0, 0.05) is 11.0 Å². The molecule has 1 aliphatic rings. The predicted molar refractivity (Wildman–Crippen MR) is 92.7 cm³/mol. The molecule has 3 heteroatoms. The molecule has 1 N–H and O–H groups in total. The molecule has 0 heterocycles. The van der Waals surface area contributed by atoms with Gasteiger partial charge in [0.2, 0.25) is 0 Å². The van der Waals surface area contributed by atoms with E-state index in [4.69, 9.17) is 4.74 Å². The second kappa shape index (κ2) is 8.19. The molecule has 21 heavy (non-hydrogen) atoms. The van der Waals surface area contributed by atoms with Crippen LogP contribution in [0.3, 0.4) is 0 Å². The molecule has 0 saturated heterocycles. The van der Waals surface area contributed by atoms with E-state index >= 15 is 0 Å². The molecule has 0 spiro atoms. The van der Waals surface area contributed by atoms with Crippen LogP contribution < -0.4 is 10.1 Å². The van der Waals surface area contributed by atoms with E-state index in [-0.39, 0.29) is 0 Å². The van der Waals surface area contributed by atoms with Crippen molar-refractivity contribution in [1.29, 1.82) is 0 Å². The van der Waals surface area contributed by atoms with Gasteiger partial charge in [0.05, 0.1) is 6.10 Å². The second-order valence-corrected chi connectivity index (χ2v) is 7.29. The summed E-state index contributed by atoms with van der Waals surface area (Å²) in [7, 11) is 0. The molecule has 0 aliphatic heterocycles. The average Bonchev–Trinajstić information content (AvgIpc) is 2.46. The predicted octanol–water partition coefficient (Wildman–Crippen LogP) is 5.15. The first-order valence-electron chi connectivity index (χ1n) is 8.26. The number of hydrogen-bond donors (Lipinski definition) is 1. The second-order valence-electron chi connectivity index (χ2n) is 6.44. The van der Waals surface area contributed by atoms with Crippen molar-refractivity contribution in [3.8, 4) is 5.75 Å². The molecule has 1 aliphatic carbocycles. The van der Waals surface area contributed by atoms with E-state index < -0.39 is 0 Å². The van der Waals surface area contributed by atoms with Gasteiger partial charge in [0.1, 0.15) is 5.75 Å². The number of halogens is 1. The summed E-state index contributed by atoms with van der Waals surface area (Å²) in [6.07, 6.45) is 5.19. The summed E-state index contributed by atoms with van der Waals surface area (Å²) < 4.78 is 7.38. The minimum Gasteiger partial charge on any atom is -0.490 e. The van der Waals surface area contributed by atoms with E-state index in [1.807, 2.05) is 0 Å². The highest BCUT2D eigenvalue weighted by molar-refractivity contribution is 9.10. The van der Waals surface area contributed by atoms with Gasteiger partial charge >= 0.3 is 0 Å². The largest absolute Gasteiger partial charge is 0.490 e. The molecule has 3 atom stereocenters. The summed E-state index contributed by atoms with van der Waals surface area (Å²) in [6.45, 7) is 8.84. The molecule has 1 aromatic carbocycles. The van der Waals surface area contributed by atoms with Gasteiger partial charge in [0.15, 0.2) is 0 Å². The topological polar surface area (TPSA) is 21.3 Å². The highest BCUT2D eigenvalue weighted by atomic mass is 79.9. The minimum absolute atomic E-state index is 0.383. The molecule has 2 rings (SSSR count). The number of nitrogens with one attached hydrogen (secondary N) is 1. The van der Waals surface area contributed by atoms with Gasteiger partial charge in [-0.05, 0) is 67.8 Å². The maximum absolute atomic E-state index is 6.23. The van der Waals surface area contributed by atoms with Gasteiger partial charge in [0.25, 0.3) is 0 Å². The first-order chi connectivity index (χ1) is 10.1. The van der Waals surface area contributed by atoms with Gasteiger partial charge in [-0.1, -0.05) is 36.7 Å². The van der Waals surface area contributed by atoms with Gasteiger partial charge in [-0.25, -0.2) is 0 Å². The molecule has 0 bridgehead atoms. The SMILES string of the molecule is CCCNCc1cc(OC2CCC(C)C(C)C2)ccc1Br. The van der Waals surface area contributed by atoms with Crippen LogP contribution in [0.5, 0.6) is 5.75 Å². The van der Waals surface area contributed by atoms with Crippen LogP contribution in [0.2, 0.25) is 0 Å². The van der Waals surface area contributed by atoms with Gasteiger partial charge in [-0.3, -0.25) is 0 Å². The van der Waals surface area contributed by atoms with Crippen LogP contribution in [0, 0.1) is 11.8 Å². The quantitative estimate of drug-likeness (QED) is 0.713. The third kappa shape index (κ3) is 5.00. The van der Waals surface area contributed by atoms with Gasteiger partial charge in [-0.15, -0.1) is 0 Å². The fourth-order valence-corrected chi connectivity index (χ4v) is 3.34. The Bertz CT molecular complexity index is 449. The fourth-order valence-electron chi connectivity index (χ4n) is 2.96. The highest BCUT2D eigenvalue weighted by Crippen LogP contribution is 2.32. The van der Waals surface area contributed by atoms with E-state index in [0.29, 0.717) is 6.10 Å². The van der Waals surface area contributed by atoms with Gasteiger partial charge in [-0.2, -0.15) is 0 Å². The summed E-state index contributed by atoms with van der Waals surface area (Å²) in [5, 5.41) is 3.45. The Morgan fingerprint density at radius 1 is 1.24 bits per heavy atom. The summed E-state index contributed by atoms with van der Waals surface area (Å²) in [5.41, 5.74) is 1.28. The third-order valence-electron chi connectivity index (χ3n) is 4.61. The molecule has 1 aromatic rings. The Morgan fingerprint density at radius 2 is 2.05 bits per heavy atom. The molecule has 0 radical (unpaired) electrons. The number of ether oxygens (including phenoxy) is 1. The Labute approximate surface area is 137 Å². The molecule has 3 unspecified atom stereocenters. The Hall–Kier alpha value is -0.540. The normalized spacial score (nSPS) is 25.8. The number of benzene rings is 1. The van der Waals surface area contributed by atoms with Crippen LogP contribution in [0.15, 0.2) is 22.7 Å². The van der Waals surface area contributed by atoms with Crippen LogP contribution in [0.1, 0.15) is 52.0 Å². The third-order valence-corrected chi connectivity index (χ3v) is 5.39. The Kier molecular flexibility index (Phi) is 6.56. The van der Waals surface area contributed by atoms with E-state index in [1.54, 1.807) is 0 Å². The summed E-state index contributed by atoms with van der Waals surface area (Å²) in [4.78, 5) is 0. The van der Waals surface area contributed by atoms with Crippen molar-refractivity contribution >= 4 is 15.9 Å². The summed E-state index contributed by atoms with van der Waals surface area (Å²) in [6, 6.07) is 6.36. The van der Waals surface area contributed by atoms with Crippen LogP contribution in [-0.2, 0) is 6.54 Å². The first kappa shape index (κ1) is 16.8. The van der Waals surface area contributed by atoms with Crippen LogP contribution in [0.4, 0.5) is 0 Å². The lowest BCUT2D eigenvalue weighted by Gasteiger charge is -2.32. The summed E-state index contributed by atoms with van der Waals surface area (Å²) >= 11 is 3.63. The molecule has 2 nitrogen and oxygen atoms in total. The fraction of sp³-hybridized carbons (Fsp3) is 0.667. The monoisotopic (exact) mass is 353 g/mol. The minimum atomic E-state index is 0.383. The van der Waals surface area contributed by atoms with E-state index in [2.05, 4.69) is 60.2 Å². The van der Waals surface area contributed by atoms with Crippen molar-refractivity contribution in [2.75, 3.05) is 6.54 Å². The van der Waals surface area contributed by atoms with Gasteiger partial charge < -0.3 is 10.1 Å². The lowest BCUT2D eigenvalue weighted by molar-refractivity contribution is 0.101. The molecular weight excluding hydrogens is 326 g/mol. The van der Waals surface area contributed by atoms with Crippen molar-refractivity contribution in [2.24, 2.45) is 11.8 Å². The molecule has 0 aromatic heterocycles. The molecule has 1 fully saturated rings. The van der Waals surface area contributed by atoms with Crippen molar-refractivity contribution in [1.82, 2.24) is 5.32 Å². The van der Waals surface area contributed by atoms with Crippen LogP contribution in [-0.4, -0.2) is 12.6 Å². The van der Waals surface area contributed by atoms with Crippen molar-refractivity contribution in [3.63, 3.8) is 0 Å². The van der Waals surface area contributed by atoms with Crippen molar-refractivity contribution in [2.45, 2.75) is 59.1 Å². The van der Waals surface area contributed by atoms with E-state index in [1.165, 1.54) is 24.8 Å². The molecular formula is C18H28BrNO. The standard InChI is InChI=1S/C18H28BrNO/c1-4-9-20-12-15-11-17(7-8-18(15)19)21-16-6-5-13(2)14(3)10-16/h7-8,11,13-14,16,20H,4-6,9-10,12H2,1-3H3. The van der Waals surface area contributed by atoms with E-state index in [0.717, 1.165) is 41.6 Å². The Morgan fingerprint density at radius 3 is 2.76 bits per heavy atom. The highest BCUT2D eigenvalue weighted by Gasteiger charge is 2.25. The van der Waals surface area contributed by atoms with Crippen molar-refractivity contribution < 1.29 is 4.74 Å². The maximum atomic E-state index is 6.23. The smallest absolute Gasteiger partial charge is 0.120 e. The Balaban J connectivity index is 1.95. The zero-order chi connectivity index (χ0) is 15.2. The summed E-state index contributed by atoms with van der Waals surface area (Å²) in [5.74, 6) is 2.62. The lowest BCUT2D eigenvalue weighted by Crippen LogP contribution is -2.28. The zero-order valence-corrected chi connectivity index (χ0v) is 15.1. The average molecular weight is 354 g/mol. The molecule has 1 saturated carbocycles. The molecule has 118 valence electrons. The van der Waals surface area contributed by atoms with Crippen LogP contribution in [0.25, 0.3) is 0 Å². The first-order valence-corrected chi connectivity index (χ1v) is 9.05. The van der Waals surface area contributed by atoms with Crippen LogP contribution >= 0.6 is 15.9 Å². The number of rotatable bonds is 6. The molecule has 0 amide bonds. The number of hydrogen-bond acceptors (Lipinski definition) is 2. The maximum Gasteiger partial charge on any atom is 0.120 e. The lowest BCUT2D eigenvalue weighted by atomic mass is 9.80. The zero-order valence-electron chi connectivity index (χ0n) is 13.5. The van der Waals surface area contributed by atoms with Crippen molar-refractivity contribution in [3.05, 3.63) is 28.2 Å².